The number of ether oxygens (including phenoxy) is 3. The van der Waals surface area contributed by atoms with E-state index in [4.69, 9.17) is 14.2 Å². The van der Waals surface area contributed by atoms with Gasteiger partial charge in [0.1, 0.15) is 11.3 Å². The van der Waals surface area contributed by atoms with Crippen molar-refractivity contribution >= 4 is 18.2 Å². The number of amides is 3. The van der Waals surface area contributed by atoms with E-state index in [2.05, 4.69) is 10.4 Å². The Kier molecular flexibility index (Phi) is 6.25. The molecular formula is C22H25N3O5. The summed E-state index contributed by atoms with van der Waals surface area (Å²) in [5, 5.41) is 7.65. The lowest BCUT2D eigenvalue weighted by Gasteiger charge is -2.21. The Morgan fingerprint density at radius 1 is 1.07 bits per heavy atom. The highest BCUT2D eigenvalue weighted by Gasteiger charge is 2.49. The van der Waals surface area contributed by atoms with Crippen molar-refractivity contribution < 1.29 is 23.8 Å². The standard InChI is InChI=1S/C22H25N3O5/c1-5-12-30-18-11-6-15(13-19(18)29-4)14-23-25-20(26)22(2,24-21(25)27)16-7-9-17(28-3)10-8-16/h6-11,13-14H,5,12H2,1-4H3,(H,24,27)/b23-14-/t22-/m0/s1. The van der Waals surface area contributed by atoms with Crippen LogP contribution < -0.4 is 19.5 Å². The molecule has 0 spiro atoms. The van der Waals surface area contributed by atoms with Gasteiger partial charge in [-0.1, -0.05) is 19.1 Å². The first kappa shape index (κ1) is 21.2. The van der Waals surface area contributed by atoms with Crippen LogP contribution in [-0.4, -0.2) is 44.0 Å². The first-order chi connectivity index (χ1) is 14.4. The molecule has 0 aliphatic carbocycles. The zero-order valence-corrected chi connectivity index (χ0v) is 17.5. The molecule has 8 nitrogen and oxygen atoms in total. The second-order valence-corrected chi connectivity index (χ2v) is 6.90. The number of nitrogens with zero attached hydrogens (tertiary/aromatic N) is 2. The topological polar surface area (TPSA) is 89.5 Å². The third kappa shape index (κ3) is 4.07. The maximum absolute atomic E-state index is 13.0. The lowest BCUT2D eigenvalue weighted by Crippen LogP contribution is -2.40. The molecule has 158 valence electrons. The minimum atomic E-state index is -1.21. The normalized spacial score (nSPS) is 18.6. The SMILES string of the molecule is CCCOc1ccc(/C=N\N2C(=O)N[C@@](C)(c3ccc(OC)cc3)C2=O)cc1OC. The molecule has 1 heterocycles. The first-order valence-corrected chi connectivity index (χ1v) is 9.59. The quantitative estimate of drug-likeness (QED) is 0.532. The van der Waals surface area contributed by atoms with Gasteiger partial charge in [0.2, 0.25) is 0 Å². The molecule has 1 aliphatic rings. The first-order valence-electron chi connectivity index (χ1n) is 9.59. The molecule has 0 bridgehead atoms. The number of benzene rings is 2. The van der Waals surface area contributed by atoms with Gasteiger partial charge in [0.25, 0.3) is 5.91 Å². The fraction of sp³-hybridized carbons (Fsp3) is 0.318. The number of carbonyl (C=O) groups is 2. The molecule has 1 N–H and O–H groups in total. The third-order valence-electron chi connectivity index (χ3n) is 4.81. The lowest BCUT2D eigenvalue weighted by atomic mass is 9.92. The largest absolute Gasteiger partial charge is 0.497 e. The van der Waals surface area contributed by atoms with Crippen LogP contribution in [0.15, 0.2) is 47.6 Å². The average Bonchev–Trinajstić information content (AvgIpc) is 2.99. The van der Waals surface area contributed by atoms with Gasteiger partial charge in [-0.05, 0) is 54.8 Å². The van der Waals surface area contributed by atoms with Crippen molar-refractivity contribution in [2.45, 2.75) is 25.8 Å². The summed E-state index contributed by atoms with van der Waals surface area (Å²) >= 11 is 0. The number of urea groups is 1. The van der Waals surface area contributed by atoms with Crippen molar-refractivity contribution in [3.8, 4) is 17.2 Å². The summed E-state index contributed by atoms with van der Waals surface area (Å²) in [7, 11) is 3.11. The van der Waals surface area contributed by atoms with E-state index in [0.717, 1.165) is 11.4 Å². The summed E-state index contributed by atoms with van der Waals surface area (Å²) in [5.74, 6) is 1.37. The molecule has 8 heteroatoms. The zero-order chi connectivity index (χ0) is 21.7. The lowest BCUT2D eigenvalue weighted by molar-refractivity contribution is -0.131. The highest BCUT2D eigenvalue weighted by molar-refractivity contribution is 6.07. The number of methoxy groups -OCH3 is 2. The van der Waals surface area contributed by atoms with Gasteiger partial charge in [-0.3, -0.25) is 4.79 Å². The van der Waals surface area contributed by atoms with Gasteiger partial charge in [-0.2, -0.15) is 5.10 Å². The Morgan fingerprint density at radius 3 is 2.43 bits per heavy atom. The minimum absolute atomic E-state index is 0.469. The molecule has 0 unspecified atom stereocenters. The Bertz CT molecular complexity index is 958. The molecule has 1 aliphatic heterocycles. The predicted molar refractivity (Wildman–Crippen MR) is 112 cm³/mol. The summed E-state index contributed by atoms with van der Waals surface area (Å²) in [6.07, 6.45) is 2.31. The number of imide groups is 1. The number of hydrogen-bond acceptors (Lipinski definition) is 6. The molecule has 1 atom stereocenters. The van der Waals surface area contributed by atoms with Gasteiger partial charge in [-0.25, -0.2) is 4.79 Å². The highest BCUT2D eigenvalue weighted by Crippen LogP contribution is 2.31. The van der Waals surface area contributed by atoms with Gasteiger partial charge in [-0.15, -0.1) is 5.01 Å². The Labute approximate surface area is 175 Å². The van der Waals surface area contributed by atoms with Gasteiger partial charge in [0.15, 0.2) is 11.5 Å². The molecule has 2 aromatic carbocycles. The molecule has 0 saturated carbocycles. The van der Waals surface area contributed by atoms with Crippen LogP contribution >= 0.6 is 0 Å². The van der Waals surface area contributed by atoms with Gasteiger partial charge in [0.05, 0.1) is 27.0 Å². The van der Waals surface area contributed by atoms with Gasteiger partial charge in [0, 0.05) is 0 Å². The highest BCUT2D eigenvalue weighted by atomic mass is 16.5. The van der Waals surface area contributed by atoms with Crippen molar-refractivity contribution in [3.05, 3.63) is 53.6 Å². The number of hydrazone groups is 1. The van der Waals surface area contributed by atoms with Crippen LogP contribution in [0, 0.1) is 0 Å². The maximum Gasteiger partial charge on any atom is 0.346 e. The van der Waals surface area contributed by atoms with Crippen LogP contribution in [-0.2, 0) is 10.3 Å². The van der Waals surface area contributed by atoms with E-state index in [0.29, 0.717) is 35.0 Å². The van der Waals surface area contributed by atoms with E-state index >= 15 is 0 Å². The van der Waals surface area contributed by atoms with E-state index in [1.165, 1.54) is 6.21 Å². The zero-order valence-electron chi connectivity index (χ0n) is 17.5. The van der Waals surface area contributed by atoms with Gasteiger partial charge < -0.3 is 19.5 Å². The smallest absolute Gasteiger partial charge is 0.346 e. The molecule has 2 aromatic rings. The van der Waals surface area contributed by atoms with Crippen LogP contribution in [0.5, 0.6) is 17.2 Å². The van der Waals surface area contributed by atoms with Crippen LogP contribution in [0.25, 0.3) is 0 Å². The summed E-state index contributed by atoms with van der Waals surface area (Å²) in [6, 6.07) is 11.6. The van der Waals surface area contributed by atoms with E-state index in [1.54, 1.807) is 63.6 Å². The minimum Gasteiger partial charge on any atom is -0.497 e. The fourth-order valence-corrected chi connectivity index (χ4v) is 3.07. The Balaban J connectivity index is 1.80. The van der Waals surface area contributed by atoms with Crippen LogP contribution in [0.3, 0.4) is 0 Å². The molecule has 3 amide bonds. The Morgan fingerprint density at radius 2 is 1.80 bits per heavy atom. The van der Waals surface area contributed by atoms with Crippen LogP contribution in [0.1, 0.15) is 31.4 Å². The summed E-state index contributed by atoms with van der Waals surface area (Å²) < 4.78 is 16.1. The second kappa shape index (κ2) is 8.86. The van der Waals surface area contributed by atoms with Crippen molar-refractivity contribution in [1.82, 2.24) is 10.3 Å². The van der Waals surface area contributed by atoms with E-state index in [9.17, 15) is 9.59 Å². The van der Waals surface area contributed by atoms with E-state index in [1.807, 2.05) is 6.92 Å². The third-order valence-corrected chi connectivity index (χ3v) is 4.81. The van der Waals surface area contributed by atoms with Crippen molar-refractivity contribution in [3.63, 3.8) is 0 Å². The predicted octanol–water partition coefficient (Wildman–Crippen LogP) is 3.29. The van der Waals surface area contributed by atoms with E-state index in [-0.39, 0.29) is 0 Å². The second-order valence-electron chi connectivity index (χ2n) is 6.90. The van der Waals surface area contributed by atoms with Crippen LogP contribution in [0.4, 0.5) is 4.79 Å². The number of hydrogen-bond donors (Lipinski definition) is 1. The monoisotopic (exact) mass is 411 g/mol. The average molecular weight is 411 g/mol. The molecule has 0 radical (unpaired) electrons. The van der Waals surface area contributed by atoms with Crippen molar-refractivity contribution in [2.75, 3.05) is 20.8 Å². The molecule has 0 aromatic heterocycles. The van der Waals surface area contributed by atoms with Gasteiger partial charge >= 0.3 is 6.03 Å². The van der Waals surface area contributed by atoms with Crippen molar-refractivity contribution in [2.24, 2.45) is 5.10 Å². The summed E-state index contributed by atoms with van der Waals surface area (Å²) in [6.45, 7) is 4.24. The Hall–Kier alpha value is -3.55. The molecule has 1 fully saturated rings. The molecule has 30 heavy (non-hydrogen) atoms. The fourth-order valence-electron chi connectivity index (χ4n) is 3.07. The number of nitrogens with one attached hydrogen (secondary N) is 1. The molecule has 3 rings (SSSR count). The summed E-state index contributed by atoms with van der Waals surface area (Å²) in [4.78, 5) is 25.4. The van der Waals surface area contributed by atoms with Crippen LogP contribution in [0.2, 0.25) is 0 Å². The van der Waals surface area contributed by atoms with E-state index < -0.39 is 17.5 Å². The maximum atomic E-state index is 13.0. The summed E-state index contributed by atoms with van der Waals surface area (Å²) in [5.41, 5.74) is 0.0868. The number of rotatable bonds is 8. The molecule has 1 saturated heterocycles. The van der Waals surface area contributed by atoms with Crippen molar-refractivity contribution in [1.29, 1.82) is 0 Å². The molecular weight excluding hydrogens is 386 g/mol. The number of carbonyl (C=O) groups excluding carboxylic acids is 2.